The molecule has 0 atom stereocenters. The zero-order valence-corrected chi connectivity index (χ0v) is 13.6. The molecule has 0 amide bonds. The molecule has 1 aliphatic rings. The lowest BCUT2D eigenvalue weighted by molar-refractivity contribution is 0.0685. The van der Waals surface area contributed by atoms with E-state index in [0.29, 0.717) is 5.92 Å². The summed E-state index contributed by atoms with van der Waals surface area (Å²) >= 11 is 0. The summed E-state index contributed by atoms with van der Waals surface area (Å²) < 4.78 is 5.45. The van der Waals surface area contributed by atoms with Crippen molar-refractivity contribution in [1.29, 1.82) is 0 Å². The smallest absolute Gasteiger partial charge is 0.0595 e. The van der Waals surface area contributed by atoms with Gasteiger partial charge in [0.1, 0.15) is 0 Å². The number of hydrogen-bond donors (Lipinski definition) is 1. The van der Waals surface area contributed by atoms with Crippen LogP contribution >= 0.6 is 0 Å². The molecule has 1 fully saturated rings. The summed E-state index contributed by atoms with van der Waals surface area (Å²) in [4.78, 5) is 6.67. The van der Waals surface area contributed by atoms with Crippen molar-refractivity contribution >= 4 is 5.69 Å². The SMILES string of the molecule is CC(C)CNCc1ccncc1N(C)CC1CCOCC1. The van der Waals surface area contributed by atoms with Gasteiger partial charge in [0.25, 0.3) is 0 Å². The molecule has 0 saturated carbocycles. The summed E-state index contributed by atoms with van der Waals surface area (Å²) in [6, 6.07) is 2.13. The summed E-state index contributed by atoms with van der Waals surface area (Å²) in [5.74, 6) is 1.41. The van der Waals surface area contributed by atoms with Gasteiger partial charge in [0.05, 0.1) is 11.9 Å². The molecule has 118 valence electrons. The van der Waals surface area contributed by atoms with Crippen molar-refractivity contribution in [3.05, 3.63) is 24.0 Å². The van der Waals surface area contributed by atoms with Crippen LogP contribution in [0.15, 0.2) is 18.5 Å². The fraction of sp³-hybridized carbons (Fsp3) is 0.706. The highest BCUT2D eigenvalue weighted by molar-refractivity contribution is 5.51. The second-order valence-electron chi connectivity index (χ2n) is 6.47. The van der Waals surface area contributed by atoms with Crippen LogP contribution in [0.3, 0.4) is 0 Å². The third-order valence-corrected chi connectivity index (χ3v) is 4.04. The predicted octanol–water partition coefficient (Wildman–Crippen LogP) is 2.69. The molecule has 4 heteroatoms. The van der Waals surface area contributed by atoms with E-state index in [1.807, 2.05) is 12.4 Å². The minimum absolute atomic E-state index is 0.676. The third-order valence-electron chi connectivity index (χ3n) is 4.04. The zero-order chi connectivity index (χ0) is 15.1. The summed E-state index contributed by atoms with van der Waals surface area (Å²) in [5.41, 5.74) is 2.58. The Balaban J connectivity index is 1.93. The van der Waals surface area contributed by atoms with E-state index in [9.17, 15) is 0 Å². The van der Waals surface area contributed by atoms with Crippen LogP contribution in [0.25, 0.3) is 0 Å². The molecule has 2 rings (SSSR count). The molecular weight excluding hydrogens is 262 g/mol. The first-order valence-electron chi connectivity index (χ1n) is 8.09. The first-order chi connectivity index (χ1) is 10.2. The number of pyridine rings is 1. The molecule has 1 aromatic heterocycles. The number of anilines is 1. The molecular formula is C17H29N3O. The van der Waals surface area contributed by atoms with Crippen molar-refractivity contribution in [2.24, 2.45) is 11.8 Å². The normalized spacial score (nSPS) is 16.4. The predicted molar refractivity (Wildman–Crippen MR) is 87.6 cm³/mol. The van der Waals surface area contributed by atoms with Gasteiger partial charge >= 0.3 is 0 Å². The Bertz CT molecular complexity index is 416. The Morgan fingerprint density at radius 3 is 2.86 bits per heavy atom. The van der Waals surface area contributed by atoms with Crippen molar-refractivity contribution in [1.82, 2.24) is 10.3 Å². The Kier molecular flexibility index (Phi) is 6.46. The molecule has 0 unspecified atom stereocenters. The first-order valence-corrected chi connectivity index (χ1v) is 8.09. The van der Waals surface area contributed by atoms with E-state index in [4.69, 9.17) is 4.74 Å². The van der Waals surface area contributed by atoms with Crippen LogP contribution in [0.4, 0.5) is 5.69 Å². The van der Waals surface area contributed by atoms with Crippen LogP contribution in [0.2, 0.25) is 0 Å². The van der Waals surface area contributed by atoms with E-state index in [0.717, 1.165) is 38.8 Å². The molecule has 1 aromatic rings. The standard InChI is InChI=1S/C17H29N3O/c1-14(2)10-19-11-16-4-7-18-12-17(16)20(3)13-15-5-8-21-9-6-15/h4,7,12,14-15,19H,5-6,8-11,13H2,1-3H3. The lowest BCUT2D eigenvalue weighted by atomic mass is 9.99. The van der Waals surface area contributed by atoms with Gasteiger partial charge in [-0.25, -0.2) is 0 Å². The molecule has 1 aliphatic heterocycles. The highest BCUT2D eigenvalue weighted by atomic mass is 16.5. The number of nitrogens with zero attached hydrogens (tertiary/aromatic N) is 2. The summed E-state index contributed by atoms with van der Waals surface area (Å²) in [5, 5.41) is 3.53. The lowest BCUT2D eigenvalue weighted by Crippen LogP contribution is -2.30. The topological polar surface area (TPSA) is 37.4 Å². The van der Waals surface area contributed by atoms with Crippen LogP contribution in [0.1, 0.15) is 32.3 Å². The van der Waals surface area contributed by atoms with E-state index in [2.05, 4.69) is 42.2 Å². The fourth-order valence-electron chi connectivity index (χ4n) is 2.82. The molecule has 1 N–H and O–H groups in total. The van der Waals surface area contributed by atoms with E-state index in [-0.39, 0.29) is 0 Å². The van der Waals surface area contributed by atoms with E-state index >= 15 is 0 Å². The fourth-order valence-corrected chi connectivity index (χ4v) is 2.82. The van der Waals surface area contributed by atoms with Crippen LogP contribution in [0.5, 0.6) is 0 Å². The molecule has 4 nitrogen and oxygen atoms in total. The number of hydrogen-bond acceptors (Lipinski definition) is 4. The molecule has 0 bridgehead atoms. The van der Waals surface area contributed by atoms with E-state index in [1.165, 1.54) is 24.1 Å². The first kappa shape index (κ1) is 16.2. The Morgan fingerprint density at radius 1 is 1.38 bits per heavy atom. The Hall–Kier alpha value is -1.13. The maximum absolute atomic E-state index is 5.45. The molecule has 0 aliphatic carbocycles. The number of nitrogens with one attached hydrogen (secondary N) is 1. The van der Waals surface area contributed by atoms with Gasteiger partial charge in [-0.05, 0) is 42.9 Å². The minimum Gasteiger partial charge on any atom is -0.381 e. The molecule has 0 spiro atoms. The summed E-state index contributed by atoms with van der Waals surface area (Å²) in [7, 11) is 2.18. The van der Waals surface area contributed by atoms with Crippen LogP contribution < -0.4 is 10.2 Å². The van der Waals surface area contributed by atoms with E-state index in [1.54, 1.807) is 0 Å². The monoisotopic (exact) mass is 291 g/mol. The molecule has 1 saturated heterocycles. The number of ether oxygens (including phenoxy) is 1. The zero-order valence-electron chi connectivity index (χ0n) is 13.6. The van der Waals surface area contributed by atoms with Gasteiger partial charge in [-0.2, -0.15) is 0 Å². The average molecular weight is 291 g/mol. The summed E-state index contributed by atoms with van der Waals surface area (Å²) in [6.07, 6.45) is 6.22. The Morgan fingerprint density at radius 2 is 2.14 bits per heavy atom. The maximum atomic E-state index is 5.45. The highest BCUT2D eigenvalue weighted by Crippen LogP contribution is 2.22. The quantitative estimate of drug-likeness (QED) is 0.838. The van der Waals surface area contributed by atoms with Crippen molar-refractivity contribution in [2.45, 2.75) is 33.2 Å². The maximum Gasteiger partial charge on any atom is 0.0595 e. The molecule has 0 radical (unpaired) electrons. The van der Waals surface area contributed by atoms with Crippen molar-refractivity contribution in [3.8, 4) is 0 Å². The second kappa shape index (κ2) is 8.35. The van der Waals surface area contributed by atoms with Gasteiger partial charge in [-0.15, -0.1) is 0 Å². The number of rotatable bonds is 7. The van der Waals surface area contributed by atoms with Gasteiger partial charge in [-0.3, -0.25) is 4.98 Å². The van der Waals surface area contributed by atoms with Crippen molar-refractivity contribution in [3.63, 3.8) is 0 Å². The van der Waals surface area contributed by atoms with Gasteiger partial charge in [0, 0.05) is 39.5 Å². The average Bonchev–Trinajstić information content (AvgIpc) is 2.48. The highest BCUT2D eigenvalue weighted by Gasteiger charge is 2.17. The molecule has 2 heterocycles. The molecule has 0 aromatic carbocycles. The minimum atomic E-state index is 0.676. The van der Waals surface area contributed by atoms with Crippen LogP contribution in [-0.4, -0.2) is 38.3 Å². The summed E-state index contributed by atoms with van der Waals surface area (Å²) in [6.45, 7) is 9.34. The van der Waals surface area contributed by atoms with Gasteiger partial charge < -0.3 is 15.0 Å². The lowest BCUT2D eigenvalue weighted by Gasteiger charge is -2.29. The van der Waals surface area contributed by atoms with Gasteiger partial charge in [0.15, 0.2) is 0 Å². The van der Waals surface area contributed by atoms with Crippen LogP contribution in [0, 0.1) is 11.8 Å². The van der Waals surface area contributed by atoms with Gasteiger partial charge in [-0.1, -0.05) is 13.8 Å². The van der Waals surface area contributed by atoms with Crippen LogP contribution in [-0.2, 0) is 11.3 Å². The van der Waals surface area contributed by atoms with Gasteiger partial charge in [0.2, 0.25) is 0 Å². The van der Waals surface area contributed by atoms with Crippen molar-refractivity contribution in [2.75, 3.05) is 38.3 Å². The number of aromatic nitrogens is 1. The molecule has 21 heavy (non-hydrogen) atoms. The second-order valence-corrected chi connectivity index (χ2v) is 6.47. The van der Waals surface area contributed by atoms with Crippen molar-refractivity contribution < 1.29 is 4.74 Å². The largest absolute Gasteiger partial charge is 0.381 e. The van der Waals surface area contributed by atoms with E-state index < -0.39 is 0 Å². The Labute approximate surface area is 128 Å². The third kappa shape index (κ3) is 5.29.